The summed E-state index contributed by atoms with van der Waals surface area (Å²) in [5.74, 6) is 0.638. The van der Waals surface area contributed by atoms with Gasteiger partial charge in [0.2, 0.25) is 10.0 Å². The van der Waals surface area contributed by atoms with E-state index in [9.17, 15) is 8.42 Å². The van der Waals surface area contributed by atoms with Crippen molar-refractivity contribution >= 4 is 10.0 Å². The summed E-state index contributed by atoms with van der Waals surface area (Å²) in [6, 6.07) is 6.39. The van der Waals surface area contributed by atoms with Crippen molar-refractivity contribution in [3.05, 3.63) is 24.3 Å². The molecule has 1 aromatic rings. The predicted octanol–water partition coefficient (Wildman–Crippen LogP) is 1.05. The van der Waals surface area contributed by atoms with Gasteiger partial charge in [-0.3, -0.25) is 0 Å². The molecule has 5 nitrogen and oxygen atoms in total. The first-order valence-electron chi connectivity index (χ1n) is 5.90. The van der Waals surface area contributed by atoms with Gasteiger partial charge in [0, 0.05) is 13.1 Å². The molecule has 1 aromatic carbocycles. The van der Waals surface area contributed by atoms with Gasteiger partial charge in [-0.25, -0.2) is 8.42 Å². The highest BCUT2D eigenvalue weighted by Crippen LogP contribution is 2.19. The molecule has 0 aliphatic heterocycles. The van der Waals surface area contributed by atoms with Crippen LogP contribution >= 0.6 is 0 Å². The molecule has 0 saturated heterocycles. The number of sulfonamides is 1. The van der Waals surface area contributed by atoms with Gasteiger partial charge < -0.3 is 10.5 Å². The van der Waals surface area contributed by atoms with E-state index in [-0.39, 0.29) is 4.90 Å². The molecule has 0 aromatic heterocycles. The molecule has 102 valence electrons. The van der Waals surface area contributed by atoms with Crippen LogP contribution in [-0.2, 0) is 10.0 Å². The van der Waals surface area contributed by atoms with E-state index in [1.807, 2.05) is 6.92 Å². The van der Waals surface area contributed by atoms with Crippen LogP contribution in [-0.4, -0.2) is 39.5 Å². The maximum Gasteiger partial charge on any atom is 0.243 e. The molecule has 6 heteroatoms. The van der Waals surface area contributed by atoms with E-state index in [2.05, 4.69) is 0 Å². The molecule has 0 saturated carbocycles. The Balaban J connectivity index is 2.95. The van der Waals surface area contributed by atoms with E-state index in [1.54, 1.807) is 31.4 Å². The van der Waals surface area contributed by atoms with Gasteiger partial charge in [0.25, 0.3) is 0 Å². The average Bonchev–Trinajstić information content (AvgIpc) is 2.39. The van der Waals surface area contributed by atoms with Gasteiger partial charge in [0.05, 0.1) is 12.0 Å². The van der Waals surface area contributed by atoms with Crippen LogP contribution < -0.4 is 10.5 Å². The Hall–Kier alpha value is -1.11. The van der Waals surface area contributed by atoms with Gasteiger partial charge in [-0.05, 0) is 37.2 Å². The van der Waals surface area contributed by atoms with Crippen LogP contribution in [0.3, 0.4) is 0 Å². The Kier molecular flexibility index (Phi) is 5.58. The lowest BCUT2D eigenvalue weighted by molar-refractivity contribution is 0.413. The lowest BCUT2D eigenvalue weighted by Gasteiger charge is -2.20. The van der Waals surface area contributed by atoms with E-state index in [0.29, 0.717) is 31.8 Å². The maximum atomic E-state index is 12.3. The van der Waals surface area contributed by atoms with Crippen molar-refractivity contribution in [3.63, 3.8) is 0 Å². The summed E-state index contributed by atoms with van der Waals surface area (Å²) in [6.45, 7) is 3.18. The van der Waals surface area contributed by atoms with Crippen molar-refractivity contribution in [2.24, 2.45) is 5.73 Å². The second kappa shape index (κ2) is 6.72. The number of benzene rings is 1. The fourth-order valence-corrected chi connectivity index (χ4v) is 3.10. The van der Waals surface area contributed by atoms with Crippen LogP contribution in [0.2, 0.25) is 0 Å². The van der Waals surface area contributed by atoms with Crippen molar-refractivity contribution < 1.29 is 13.2 Å². The molecular formula is C12H20N2O3S. The lowest BCUT2D eigenvalue weighted by atomic mass is 10.3. The van der Waals surface area contributed by atoms with Crippen LogP contribution in [0.5, 0.6) is 5.75 Å². The van der Waals surface area contributed by atoms with Gasteiger partial charge in [0.1, 0.15) is 5.75 Å². The number of methoxy groups -OCH3 is 1. The number of hydrogen-bond acceptors (Lipinski definition) is 4. The fourth-order valence-electron chi connectivity index (χ4n) is 1.61. The third-order valence-corrected chi connectivity index (χ3v) is 4.65. The van der Waals surface area contributed by atoms with Crippen LogP contribution in [0.25, 0.3) is 0 Å². The molecule has 0 heterocycles. The summed E-state index contributed by atoms with van der Waals surface area (Å²) in [4.78, 5) is 0.280. The molecule has 0 spiro atoms. The summed E-state index contributed by atoms with van der Waals surface area (Å²) in [5.41, 5.74) is 5.41. The van der Waals surface area contributed by atoms with E-state index in [0.717, 1.165) is 0 Å². The number of rotatable bonds is 7. The van der Waals surface area contributed by atoms with Gasteiger partial charge in [-0.15, -0.1) is 0 Å². The molecule has 0 atom stereocenters. The first-order chi connectivity index (χ1) is 8.56. The van der Waals surface area contributed by atoms with Crippen LogP contribution in [0, 0.1) is 0 Å². The molecule has 18 heavy (non-hydrogen) atoms. The molecule has 1 rings (SSSR count). The largest absolute Gasteiger partial charge is 0.497 e. The van der Waals surface area contributed by atoms with Crippen LogP contribution in [0.4, 0.5) is 0 Å². The van der Waals surface area contributed by atoms with Gasteiger partial charge >= 0.3 is 0 Å². The molecular weight excluding hydrogens is 252 g/mol. The Labute approximate surface area is 109 Å². The third kappa shape index (κ3) is 3.44. The first kappa shape index (κ1) is 14.9. The summed E-state index contributed by atoms with van der Waals surface area (Å²) in [7, 11) is -1.88. The topological polar surface area (TPSA) is 72.6 Å². The maximum absolute atomic E-state index is 12.3. The quantitative estimate of drug-likeness (QED) is 0.805. The monoisotopic (exact) mass is 272 g/mol. The van der Waals surface area contributed by atoms with E-state index in [4.69, 9.17) is 10.5 Å². The van der Waals surface area contributed by atoms with Crippen molar-refractivity contribution in [1.29, 1.82) is 0 Å². The zero-order valence-electron chi connectivity index (χ0n) is 10.8. The minimum Gasteiger partial charge on any atom is -0.497 e. The lowest BCUT2D eigenvalue weighted by Crippen LogP contribution is -2.32. The molecule has 0 unspecified atom stereocenters. The highest BCUT2D eigenvalue weighted by atomic mass is 32.2. The van der Waals surface area contributed by atoms with Crippen molar-refractivity contribution in [2.45, 2.75) is 18.2 Å². The molecule has 0 radical (unpaired) electrons. The summed E-state index contributed by atoms with van der Waals surface area (Å²) in [6.07, 6.45) is 0.656. The zero-order valence-corrected chi connectivity index (χ0v) is 11.6. The minimum absolute atomic E-state index is 0.280. The van der Waals surface area contributed by atoms with E-state index >= 15 is 0 Å². The molecule has 0 amide bonds. The minimum atomic E-state index is -3.43. The smallest absolute Gasteiger partial charge is 0.243 e. The van der Waals surface area contributed by atoms with Gasteiger partial charge in [0.15, 0.2) is 0 Å². The predicted molar refractivity (Wildman–Crippen MR) is 71.1 cm³/mol. The number of nitrogens with zero attached hydrogens (tertiary/aromatic N) is 1. The van der Waals surface area contributed by atoms with Crippen LogP contribution in [0.15, 0.2) is 29.2 Å². The fraction of sp³-hybridized carbons (Fsp3) is 0.500. The number of nitrogens with two attached hydrogens (primary N) is 1. The summed E-state index contributed by atoms with van der Waals surface area (Å²) in [5, 5.41) is 0. The van der Waals surface area contributed by atoms with Crippen LogP contribution in [0.1, 0.15) is 13.3 Å². The zero-order chi connectivity index (χ0) is 13.6. The van der Waals surface area contributed by atoms with E-state index in [1.165, 1.54) is 4.31 Å². The number of ether oxygens (including phenoxy) is 1. The van der Waals surface area contributed by atoms with Crippen molar-refractivity contribution in [3.8, 4) is 5.75 Å². The summed E-state index contributed by atoms with van der Waals surface area (Å²) < 4.78 is 31.1. The Morgan fingerprint density at radius 1 is 1.28 bits per heavy atom. The molecule has 0 bridgehead atoms. The SMILES string of the molecule is CCN(CCCN)S(=O)(=O)c1ccc(OC)cc1. The average molecular weight is 272 g/mol. The first-order valence-corrected chi connectivity index (χ1v) is 7.34. The Morgan fingerprint density at radius 3 is 2.33 bits per heavy atom. The molecule has 0 aliphatic rings. The Bertz CT molecular complexity index is 457. The third-order valence-electron chi connectivity index (χ3n) is 2.66. The molecule has 0 aliphatic carbocycles. The van der Waals surface area contributed by atoms with Crippen molar-refractivity contribution in [1.82, 2.24) is 4.31 Å². The van der Waals surface area contributed by atoms with Gasteiger partial charge in [-0.1, -0.05) is 6.92 Å². The highest BCUT2D eigenvalue weighted by molar-refractivity contribution is 7.89. The standard InChI is InChI=1S/C12H20N2O3S/c1-3-14(10-4-9-13)18(15,16)12-7-5-11(17-2)6-8-12/h5-8H,3-4,9-10,13H2,1-2H3. The summed E-state index contributed by atoms with van der Waals surface area (Å²) >= 11 is 0. The normalized spacial score (nSPS) is 11.8. The Morgan fingerprint density at radius 2 is 1.89 bits per heavy atom. The van der Waals surface area contributed by atoms with Crippen molar-refractivity contribution in [2.75, 3.05) is 26.7 Å². The molecule has 0 fully saturated rings. The number of hydrogen-bond donors (Lipinski definition) is 1. The van der Waals surface area contributed by atoms with Gasteiger partial charge in [-0.2, -0.15) is 4.31 Å². The van der Waals surface area contributed by atoms with E-state index < -0.39 is 10.0 Å². The second-order valence-electron chi connectivity index (χ2n) is 3.81. The molecule has 2 N–H and O–H groups in total. The second-order valence-corrected chi connectivity index (χ2v) is 5.75. The highest BCUT2D eigenvalue weighted by Gasteiger charge is 2.22.